The van der Waals surface area contributed by atoms with E-state index in [1.54, 1.807) is 12.4 Å². The molecule has 5 amide bonds. The van der Waals surface area contributed by atoms with Crippen molar-refractivity contribution >= 4 is 51.2 Å². The highest BCUT2D eigenvalue weighted by molar-refractivity contribution is 5.96. The summed E-state index contributed by atoms with van der Waals surface area (Å²) < 4.78 is 0. The van der Waals surface area contributed by atoms with Gasteiger partial charge in [0.2, 0.25) is 29.5 Å². The van der Waals surface area contributed by atoms with Crippen molar-refractivity contribution < 1.29 is 24.0 Å². The van der Waals surface area contributed by atoms with Gasteiger partial charge >= 0.3 is 0 Å². The maximum atomic E-state index is 14.1. The average molecular weight is 693 g/mol. The van der Waals surface area contributed by atoms with E-state index in [1.807, 2.05) is 73.7 Å². The number of amides is 5. The van der Waals surface area contributed by atoms with Crippen LogP contribution in [-0.2, 0) is 43.2 Å². The van der Waals surface area contributed by atoms with E-state index >= 15 is 0 Å². The molecule has 3 aromatic carbocycles. The molecule has 2 heterocycles. The molecule has 2 aromatic heterocycles. The number of fused-ring (bicyclic) bond motifs is 2. The first-order valence-corrected chi connectivity index (χ1v) is 17.1. The molecule has 0 unspecified atom stereocenters. The molecule has 0 radical (unpaired) electrons. The standard InChI is InChI=1S/C38H44N8O5/c1-3-4-12-31(36(49)45-32(35(39)48)18-27-20-41-30-13-8-7-11-29(27)30)44-37(50)33(17-24-14-15-25-9-5-6-10-26(25)16-24)46-38(51)34(43-23(2)47)19-28-21-40-22-42-28/h5-11,13-16,20-22,31-34,41H,3-4,12,17-19H2,1-2H3,(H2,39,48)(H,40,42)(H,43,47)(H,44,50)(H,45,49)(H,46,51)/t31-,32-,33+,34-/m0/s1. The van der Waals surface area contributed by atoms with Crippen LogP contribution in [0.4, 0.5) is 0 Å². The summed E-state index contributed by atoms with van der Waals surface area (Å²) in [5.74, 6) is -2.87. The lowest BCUT2D eigenvalue weighted by atomic mass is 9.99. The van der Waals surface area contributed by atoms with Crippen molar-refractivity contribution in [2.75, 3.05) is 0 Å². The number of nitrogens with one attached hydrogen (secondary N) is 6. The van der Waals surface area contributed by atoms with Crippen molar-refractivity contribution in [1.82, 2.24) is 36.2 Å². The van der Waals surface area contributed by atoms with Crippen LogP contribution in [0.25, 0.3) is 21.7 Å². The Morgan fingerprint density at radius 1 is 0.745 bits per heavy atom. The van der Waals surface area contributed by atoms with E-state index < -0.39 is 53.7 Å². The number of H-pyrrole nitrogens is 2. The molecule has 5 rings (SSSR count). The summed E-state index contributed by atoms with van der Waals surface area (Å²) in [6.07, 6.45) is 6.82. The van der Waals surface area contributed by atoms with Gasteiger partial charge < -0.3 is 37.0 Å². The van der Waals surface area contributed by atoms with Crippen LogP contribution in [-0.4, -0.2) is 68.7 Å². The number of aromatic amines is 2. The predicted octanol–water partition coefficient (Wildman–Crippen LogP) is 2.71. The fourth-order valence-corrected chi connectivity index (χ4v) is 6.12. The lowest BCUT2D eigenvalue weighted by molar-refractivity contribution is -0.134. The summed E-state index contributed by atoms with van der Waals surface area (Å²) >= 11 is 0. The molecule has 13 nitrogen and oxygen atoms in total. The third-order valence-corrected chi connectivity index (χ3v) is 8.80. The number of nitrogens with two attached hydrogens (primary N) is 1. The summed E-state index contributed by atoms with van der Waals surface area (Å²) in [4.78, 5) is 76.3. The maximum Gasteiger partial charge on any atom is 0.243 e. The third kappa shape index (κ3) is 9.81. The Morgan fingerprint density at radius 3 is 2.12 bits per heavy atom. The number of unbranched alkanes of at least 4 members (excludes halogenated alkanes) is 1. The fourth-order valence-electron chi connectivity index (χ4n) is 6.12. The minimum absolute atomic E-state index is 0.103. The number of benzene rings is 3. The lowest BCUT2D eigenvalue weighted by Gasteiger charge is -2.26. The summed E-state index contributed by atoms with van der Waals surface area (Å²) in [5, 5.41) is 14.0. The van der Waals surface area contributed by atoms with Gasteiger partial charge in [0, 0.05) is 55.2 Å². The number of imidazole rings is 1. The first kappa shape index (κ1) is 36.3. The SMILES string of the molecule is CCCC[C@H](NC(=O)[C@@H](Cc1ccc2ccccc2c1)NC(=O)[C@H](Cc1cnc[nH]1)NC(C)=O)C(=O)N[C@@H](Cc1c[nH]c2ccccc12)C(N)=O. The Labute approximate surface area is 295 Å². The molecule has 8 N–H and O–H groups in total. The van der Waals surface area contributed by atoms with E-state index in [4.69, 9.17) is 5.73 Å². The molecule has 0 aliphatic rings. The Balaban J connectivity index is 1.37. The van der Waals surface area contributed by atoms with Crippen LogP contribution >= 0.6 is 0 Å². The van der Waals surface area contributed by atoms with Crippen LogP contribution in [0.5, 0.6) is 0 Å². The van der Waals surface area contributed by atoms with Crippen molar-refractivity contribution in [3.05, 3.63) is 102 Å². The van der Waals surface area contributed by atoms with E-state index in [9.17, 15) is 24.0 Å². The van der Waals surface area contributed by atoms with Crippen LogP contribution < -0.4 is 27.0 Å². The first-order chi connectivity index (χ1) is 24.6. The molecule has 4 atom stereocenters. The zero-order valence-electron chi connectivity index (χ0n) is 28.7. The number of carbonyl (C=O) groups is 5. The molecular weight excluding hydrogens is 648 g/mol. The van der Waals surface area contributed by atoms with Gasteiger partial charge in [-0.25, -0.2) is 4.98 Å². The average Bonchev–Trinajstić information content (AvgIpc) is 3.79. The number of carbonyl (C=O) groups excluding carboxylic acids is 5. The second-order valence-corrected chi connectivity index (χ2v) is 12.7. The van der Waals surface area contributed by atoms with Gasteiger partial charge in [-0.15, -0.1) is 0 Å². The first-order valence-electron chi connectivity index (χ1n) is 17.1. The predicted molar refractivity (Wildman–Crippen MR) is 194 cm³/mol. The van der Waals surface area contributed by atoms with E-state index in [0.717, 1.165) is 39.2 Å². The topological polar surface area (TPSA) is 204 Å². The summed E-state index contributed by atoms with van der Waals surface area (Å²) in [7, 11) is 0. The number of nitrogens with zero attached hydrogens (tertiary/aromatic N) is 1. The Morgan fingerprint density at radius 2 is 1.41 bits per heavy atom. The Hall–Kier alpha value is -5.98. The second kappa shape index (κ2) is 17.1. The molecule has 0 bridgehead atoms. The van der Waals surface area contributed by atoms with Gasteiger partial charge in [0.05, 0.1) is 6.33 Å². The maximum absolute atomic E-state index is 14.1. The van der Waals surface area contributed by atoms with Gasteiger partial charge in [0.25, 0.3) is 0 Å². The van der Waals surface area contributed by atoms with E-state index in [1.165, 1.54) is 13.3 Å². The van der Waals surface area contributed by atoms with Crippen molar-refractivity contribution in [3.63, 3.8) is 0 Å². The molecule has 5 aromatic rings. The van der Waals surface area contributed by atoms with Crippen LogP contribution in [0.15, 0.2) is 85.5 Å². The van der Waals surface area contributed by atoms with E-state index in [-0.39, 0.29) is 25.7 Å². The number of hydrogen-bond donors (Lipinski definition) is 7. The molecule has 0 aliphatic carbocycles. The molecule has 0 fully saturated rings. The van der Waals surface area contributed by atoms with Gasteiger partial charge in [-0.2, -0.15) is 0 Å². The number of primary amides is 1. The van der Waals surface area contributed by atoms with E-state index in [2.05, 4.69) is 36.2 Å². The largest absolute Gasteiger partial charge is 0.368 e. The smallest absolute Gasteiger partial charge is 0.243 e. The summed E-state index contributed by atoms with van der Waals surface area (Å²) in [6, 6.07) is 17.0. The molecule has 0 spiro atoms. The number of hydrogen-bond acceptors (Lipinski definition) is 6. The molecule has 0 aliphatic heterocycles. The Kier molecular flexibility index (Phi) is 12.2. The van der Waals surface area contributed by atoms with Crippen LogP contribution in [0.3, 0.4) is 0 Å². The van der Waals surface area contributed by atoms with Crippen molar-refractivity contribution in [2.45, 2.75) is 76.5 Å². The highest BCUT2D eigenvalue weighted by Crippen LogP contribution is 2.20. The third-order valence-electron chi connectivity index (χ3n) is 8.80. The number of aromatic nitrogens is 3. The highest BCUT2D eigenvalue weighted by Gasteiger charge is 2.31. The molecular formula is C38H44N8O5. The summed E-state index contributed by atoms with van der Waals surface area (Å²) in [6.45, 7) is 3.27. The van der Waals surface area contributed by atoms with Crippen molar-refractivity contribution in [1.29, 1.82) is 0 Å². The fraction of sp³-hybridized carbons (Fsp3) is 0.316. The monoisotopic (exact) mass is 692 g/mol. The van der Waals surface area contributed by atoms with Crippen LogP contribution in [0.1, 0.15) is 49.9 Å². The molecule has 0 saturated heterocycles. The molecule has 13 heteroatoms. The van der Waals surface area contributed by atoms with Gasteiger partial charge in [0.15, 0.2) is 0 Å². The van der Waals surface area contributed by atoms with Gasteiger partial charge in [-0.05, 0) is 34.4 Å². The highest BCUT2D eigenvalue weighted by atomic mass is 16.2. The summed E-state index contributed by atoms with van der Waals surface area (Å²) in [5.41, 5.74) is 8.85. The van der Waals surface area contributed by atoms with Gasteiger partial charge in [-0.1, -0.05) is 80.4 Å². The normalized spacial score (nSPS) is 13.5. The molecule has 266 valence electrons. The Bertz CT molecular complexity index is 1990. The van der Waals surface area contributed by atoms with Gasteiger partial charge in [-0.3, -0.25) is 24.0 Å². The van der Waals surface area contributed by atoms with Crippen molar-refractivity contribution in [2.24, 2.45) is 5.73 Å². The zero-order valence-corrected chi connectivity index (χ0v) is 28.7. The van der Waals surface area contributed by atoms with Crippen molar-refractivity contribution in [3.8, 4) is 0 Å². The van der Waals surface area contributed by atoms with Crippen LogP contribution in [0, 0.1) is 0 Å². The number of para-hydroxylation sites is 1. The zero-order chi connectivity index (χ0) is 36.3. The number of rotatable bonds is 17. The van der Waals surface area contributed by atoms with Gasteiger partial charge in [0.1, 0.15) is 24.2 Å². The minimum Gasteiger partial charge on any atom is -0.368 e. The van der Waals surface area contributed by atoms with E-state index in [0.29, 0.717) is 12.1 Å². The quantitative estimate of drug-likeness (QED) is 0.0780. The minimum atomic E-state index is -1.12. The lowest BCUT2D eigenvalue weighted by Crippen LogP contribution is -2.59. The molecule has 51 heavy (non-hydrogen) atoms. The van der Waals surface area contributed by atoms with Crippen LogP contribution in [0.2, 0.25) is 0 Å². The molecule has 0 saturated carbocycles. The second-order valence-electron chi connectivity index (χ2n) is 12.7.